The van der Waals surface area contributed by atoms with Gasteiger partial charge < -0.3 is 10.1 Å². The fourth-order valence-corrected chi connectivity index (χ4v) is 10.2. The summed E-state index contributed by atoms with van der Waals surface area (Å²) in [6.07, 6.45) is 9.46. The van der Waals surface area contributed by atoms with Gasteiger partial charge in [-0.15, -0.1) is 0 Å². The van der Waals surface area contributed by atoms with E-state index in [1.165, 1.54) is 85.9 Å². The van der Waals surface area contributed by atoms with Crippen LogP contribution in [0.3, 0.4) is 0 Å². The van der Waals surface area contributed by atoms with E-state index in [0.717, 1.165) is 47.1 Å². The second-order valence-electron chi connectivity index (χ2n) is 14.5. The molecule has 0 aliphatic heterocycles. The Balaban J connectivity index is 0.000000168. The molecule has 2 aliphatic carbocycles. The number of benzene rings is 4. The van der Waals surface area contributed by atoms with Crippen molar-refractivity contribution in [2.75, 3.05) is 0 Å². The van der Waals surface area contributed by atoms with Gasteiger partial charge in [-0.2, -0.15) is 11.4 Å². The quantitative estimate of drug-likeness (QED) is 0.183. The molecule has 1 aromatic heterocycles. The Bertz CT molecular complexity index is 1950. The van der Waals surface area contributed by atoms with Gasteiger partial charge in [0.25, 0.3) is 0 Å². The second-order valence-corrected chi connectivity index (χ2v) is 17.8. The van der Waals surface area contributed by atoms with Crippen LogP contribution >= 0.6 is 31.9 Å². The van der Waals surface area contributed by atoms with Crippen LogP contribution in [0, 0.1) is 34.6 Å². The van der Waals surface area contributed by atoms with Gasteiger partial charge in [0.15, 0.2) is 0 Å². The van der Waals surface area contributed by atoms with Gasteiger partial charge >= 0.3 is 130 Å². The first-order valence-corrected chi connectivity index (χ1v) is 21.8. The van der Waals surface area contributed by atoms with Gasteiger partial charge in [0.1, 0.15) is 5.75 Å². The van der Waals surface area contributed by atoms with Gasteiger partial charge in [-0.3, -0.25) is 0 Å². The zero-order chi connectivity index (χ0) is 36.7. The average Bonchev–Trinajstić information content (AvgIpc) is 3.50. The maximum absolute atomic E-state index is 11.0. The first kappa shape index (κ1) is 39.5. The van der Waals surface area contributed by atoms with Crippen molar-refractivity contribution in [3.05, 3.63) is 138 Å². The minimum atomic E-state index is -0.493. The van der Waals surface area contributed by atoms with Crippen LogP contribution in [0.25, 0.3) is 11.1 Å². The molecule has 0 atom stereocenters. The number of aromatic nitrogens is 1. The molecule has 0 spiro atoms. The summed E-state index contributed by atoms with van der Waals surface area (Å²) in [6.45, 7) is 15.0. The molecule has 0 saturated heterocycles. The van der Waals surface area contributed by atoms with E-state index in [1.54, 1.807) is 0 Å². The number of hydrogen-bond acceptors (Lipinski definition) is 2. The molecule has 268 valence electrons. The van der Waals surface area contributed by atoms with E-state index in [2.05, 4.69) is 137 Å². The number of rotatable bonds is 4. The fourth-order valence-electron chi connectivity index (χ4n) is 7.14. The maximum atomic E-state index is 11.0. The summed E-state index contributed by atoms with van der Waals surface area (Å²) in [7, 11) is 0. The molecule has 0 unspecified atom stereocenters. The molecular weight excluding hydrogens is 840 g/mol. The third kappa shape index (κ3) is 9.83. The van der Waals surface area contributed by atoms with Crippen LogP contribution in [0.5, 0.6) is 5.75 Å². The predicted octanol–water partition coefficient (Wildman–Crippen LogP) is 12.9. The summed E-state index contributed by atoms with van der Waals surface area (Å²) < 4.78 is 9.31. The van der Waals surface area contributed by atoms with Crippen molar-refractivity contribution in [1.29, 1.82) is 0 Å². The zero-order valence-corrected chi connectivity index (χ0v) is 36.3. The molecule has 4 aromatic carbocycles. The van der Waals surface area contributed by atoms with Crippen molar-refractivity contribution < 1.29 is 23.0 Å². The van der Waals surface area contributed by atoms with E-state index >= 15 is 0 Å². The summed E-state index contributed by atoms with van der Waals surface area (Å²) in [5.74, 6) is 0.421. The van der Waals surface area contributed by atoms with E-state index in [-0.39, 0.29) is 5.41 Å². The Labute approximate surface area is 330 Å². The van der Waals surface area contributed by atoms with Crippen molar-refractivity contribution in [2.24, 2.45) is 3.50 Å². The fraction of sp³-hybridized carbons (Fsp3) is 0.356. The third-order valence-corrected chi connectivity index (χ3v) is 13.9. The molecule has 3 nitrogen and oxygen atoms in total. The molecule has 0 fully saturated rings. The number of fused-ring (bicyclic) bond motifs is 2. The number of halogens is 2. The number of aromatic hydroxyl groups is 1. The number of aryl methyl sites for hydroxylation is 6. The molecule has 6 heteroatoms. The Morgan fingerprint density at radius 3 is 1.76 bits per heavy atom. The number of phenolic OH excluding ortho intramolecular Hbond substituents is 1. The van der Waals surface area contributed by atoms with E-state index in [9.17, 15) is 5.11 Å². The van der Waals surface area contributed by atoms with E-state index in [4.69, 9.17) is 3.50 Å². The Morgan fingerprint density at radius 1 is 0.686 bits per heavy atom. The molecule has 51 heavy (non-hydrogen) atoms. The van der Waals surface area contributed by atoms with Crippen LogP contribution in [0.1, 0.15) is 95.4 Å². The van der Waals surface area contributed by atoms with Crippen LogP contribution in [-0.4, -0.2) is 9.51 Å². The van der Waals surface area contributed by atoms with E-state index in [1.807, 2.05) is 26.0 Å². The number of hydrogen-bond donors (Lipinski definition) is 1. The monoisotopic (exact) mass is 891 g/mol. The molecule has 2 aliphatic rings. The summed E-state index contributed by atoms with van der Waals surface area (Å²) in [5.41, 5.74) is 16.8. The molecule has 0 amide bonds. The van der Waals surface area contributed by atoms with Crippen LogP contribution in [0.4, 0.5) is 5.69 Å². The molecular formula is C45H51Br2MoN2O-. The third-order valence-electron chi connectivity index (χ3n) is 10.0. The minimum absolute atomic E-state index is 0.101. The first-order chi connectivity index (χ1) is 24.4. The number of phenols is 1. The topological polar surface area (TPSA) is 46.7 Å². The van der Waals surface area contributed by atoms with Gasteiger partial charge in [0.2, 0.25) is 0 Å². The van der Waals surface area contributed by atoms with Crippen molar-refractivity contribution >= 4 is 41.9 Å². The Morgan fingerprint density at radius 2 is 1.22 bits per heavy atom. The van der Waals surface area contributed by atoms with Crippen molar-refractivity contribution in [3.8, 4) is 16.9 Å². The van der Waals surface area contributed by atoms with Gasteiger partial charge in [0, 0.05) is 10.0 Å². The summed E-state index contributed by atoms with van der Waals surface area (Å²) >= 11 is 6.87. The molecule has 1 N–H and O–H groups in total. The van der Waals surface area contributed by atoms with Crippen molar-refractivity contribution in [3.63, 3.8) is 0 Å². The predicted molar refractivity (Wildman–Crippen MR) is 220 cm³/mol. The summed E-state index contributed by atoms with van der Waals surface area (Å²) in [6, 6.07) is 25.5. The van der Waals surface area contributed by atoms with Gasteiger partial charge in [0.05, 0.1) is 4.47 Å². The Hall–Kier alpha value is -2.72. The van der Waals surface area contributed by atoms with Gasteiger partial charge in [-0.1, -0.05) is 41.9 Å². The molecule has 7 rings (SSSR count). The molecule has 0 saturated carbocycles. The first-order valence-electron chi connectivity index (χ1n) is 18.1. The molecule has 5 aromatic rings. The number of nitrogens with zero attached hydrogens (tertiary/aromatic N) is 2. The van der Waals surface area contributed by atoms with E-state index < -0.39 is 17.9 Å². The van der Waals surface area contributed by atoms with Crippen LogP contribution < -0.4 is 4.98 Å². The van der Waals surface area contributed by atoms with Crippen molar-refractivity contribution in [2.45, 2.75) is 105 Å². The van der Waals surface area contributed by atoms with E-state index in [0.29, 0.717) is 5.75 Å². The molecule has 0 bridgehead atoms. The van der Waals surface area contributed by atoms with Gasteiger partial charge in [-0.05, 0) is 120 Å². The normalized spacial score (nSPS) is 13.4. The second kappa shape index (κ2) is 17.9. The van der Waals surface area contributed by atoms with Gasteiger partial charge in [-0.25, -0.2) is 0 Å². The van der Waals surface area contributed by atoms with Crippen LogP contribution in [-0.2, 0) is 49.0 Å². The van der Waals surface area contributed by atoms with Crippen molar-refractivity contribution in [1.82, 2.24) is 4.98 Å². The zero-order valence-electron chi connectivity index (χ0n) is 31.2. The SMILES string of the molecule is Cc1c(Br)cc2c(c1-c1c(O)c(Br)cc3c1CCCC3)CCCC2.Cc1ccc(C)[n-]1.Cc1cccc(C)c1[N]=[Mo]=[CH]C(C)(C)c1ccccc1. The summed E-state index contributed by atoms with van der Waals surface area (Å²) in [5, 5.41) is 11.0. The van der Waals surface area contributed by atoms with Crippen LogP contribution in [0.2, 0.25) is 0 Å². The standard InChI is InChI=1S/C21H22Br2O.C10H12.C8H9N.C6H8N.Mo/c1-12-17(22)10-13-6-2-4-8-15(13)19(12)20-16-9-5-3-7-14(16)11-18(23)21(20)24;1-10(2,3)9-7-5-4-6-8-9;1-6-4-3-5-7(2)8(6)9;1-5-3-4-6(2)7-5;/h10-11,24H,2-9H2,1H3;1,4-8H,2-3H3;3-5H,1-2H3;3-4H,1-2H3;/q;;;-1;. The molecule has 1 heterocycles. The average molecular weight is 892 g/mol. The summed E-state index contributed by atoms with van der Waals surface area (Å²) in [4.78, 5) is 4.11. The molecule has 0 radical (unpaired) electrons. The van der Waals surface area contributed by atoms with Crippen LogP contribution in [0.15, 0.2) is 85.2 Å². The Kier molecular flexibility index (Phi) is 13.8.